The van der Waals surface area contributed by atoms with Gasteiger partial charge in [0.2, 0.25) is 5.91 Å². The first-order chi connectivity index (χ1) is 7.35. The summed E-state index contributed by atoms with van der Waals surface area (Å²) in [6.45, 7) is 11.5. The van der Waals surface area contributed by atoms with Crippen LogP contribution < -0.4 is 10.6 Å². The van der Waals surface area contributed by atoms with Gasteiger partial charge < -0.3 is 10.6 Å². The van der Waals surface area contributed by atoms with Crippen LogP contribution in [0.3, 0.4) is 0 Å². The number of nitrogens with one attached hydrogen (secondary N) is 2. The Hall–Kier alpha value is -0.610. The monoisotopic (exact) mass is 229 g/mol. The van der Waals surface area contributed by atoms with Crippen molar-refractivity contribution in [2.75, 3.05) is 33.2 Å². The standard InChI is InChI=1S/C12H27N3O/c1-6-7-13-11(16)10-15(5)9-8-14-12(2,3)4/h14H,6-10H2,1-5H3,(H,13,16). The Kier molecular flexibility index (Phi) is 7.34. The molecule has 0 heterocycles. The number of carbonyl (C=O) groups excluding carboxylic acids is 1. The highest BCUT2D eigenvalue weighted by Crippen LogP contribution is 1.97. The van der Waals surface area contributed by atoms with Gasteiger partial charge in [-0.05, 0) is 34.2 Å². The summed E-state index contributed by atoms with van der Waals surface area (Å²) in [6, 6.07) is 0. The third-order valence-electron chi connectivity index (χ3n) is 2.13. The minimum atomic E-state index is 0.111. The van der Waals surface area contributed by atoms with E-state index in [2.05, 4.69) is 38.3 Å². The normalized spacial score (nSPS) is 11.9. The molecule has 0 aromatic heterocycles. The maximum atomic E-state index is 11.4. The second-order valence-corrected chi connectivity index (χ2v) is 5.26. The molecule has 4 heteroatoms. The van der Waals surface area contributed by atoms with Crippen LogP contribution in [-0.2, 0) is 4.79 Å². The van der Waals surface area contributed by atoms with E-state index < -0.39 is 0 Å². The second-order valence-electron chi connectivity index (χ2n) is 5.26. The van der Waals surface area contributed by atoms with Crippen LogP contribution in [0.2, 0.25) is 0 Å². The van der Waals surface area contributed by atoms with Crippen molar-refractivity contribution in [1.82, 2.24) is 15.5 Å². The van der Waals surface area contributed by atoms with E-state index in [1.807, 2.05) is 11.9 Å². The fourth-order valence-corrected chi connectivity index (χ4v) is 1.27. The Morgan fingerprint density at radius 3 is 2.38 bits per heavy atom. The van der Waals surface area contributed by atoms with Gasteiger partial charge in [-0.25, -0.2) is 0 Å². The summed E-state index contributed by atoms with van der Waals surface area (Å²) in [5.41, 5.74) is 0.144. The highest BCUT2D eigenvalue weighted by atomic mass is 16.2. The van der Waals surface area contributed by atoms with Gasteiger partial charge in [0.25, 0.3) is 0 Å². The molecule has 0 saturated heterocycles. The van der Waals surface area contributed by atoms with E-state index in [1.165, 1.54) is 0 Å². The first-order valence-corrected chi connectivity index (χ1v) is 6.05. The van der Waals surface area contributed by atoms with Crippen molar-refractivity contribution < 1.29 is 4.79 Å². The number of rotatable bonds is 7. The van der Waals surface area contributed by atoms with Crippen molar-refractivity contribution >= 4 is 5.91 Å². The summed E-state index contributed by atoms with van der Waals surface area (Å²) in [5, 5.41) is 6.26. The van der Waals surface area contributed by atoms with Gasteiger partial charge in [0.05, 0.1) is 6.54 Å². The maximum absolute atomic E-state index is 11.4. The molecule has 0 aliphatic heterocycles. The Labute approximate surface area is 99.8 Å². The molecule has 0 aliphatic rings. The van der Waals surface area contributed by atoms with Gasteiger partial charge in [-0.15, -0.1) is 0 Å². The molecule has 0 atom stereocenters. The van der Waals surface area contributed by atoms with Crippen LogP contribution in [0.15, 0.2) is 0 Å². The van der Waals surface area contributed by atoms with Crippen LogP contribution in [-0.4, -0.2) is 49.6 Å². The van der Waals surface area contributed by atoms with Crippen molar-refractivity contribution in [3.63, 3.8) is 0 Å². The highest BCUT2D eigenvalue weighted by Gasteiger charge is 2.09. The molecule has 96 valence electrons. The average Bonchev–Trinajstić information content (AvgIpc) is 2.12. The van der Waals surface area contributed by atoms with E-state index in [1.54, 1.807) is 0 Å². The van der Waals surface area contributed by atoms with Crippen molar-refractivity contribution in [3.05, 3.63) is 0 Å². The molecule has 0 aromatic rings. The third kappa shape index (κ3) is 9.93. The lowest BCUT2D eigenvalue weighted by molar-refractivity contribution is -0.121. The summed E-state index contributed by atoms with van der Waals surface area (Å²) in [5.74, 6) is 0.111. The molecule has 4 nitrogen and oxygen atoms in total. The van der Waals surface area contributed by atoms with Crippen LogP contribution >= 0.6 is 0 Å². The van der Waals surface area contributed by atoms with Crippen LogP contribution in [0.25, 0.3) is 0 Å². The Morgan fingerprint density at radius 2 is 1.88 bits per heavy atom. The first-order valence-electron chi connectivity index (χ1n) is 6.05. The van der Waals surface area contributed by atoms with E-state index in [9.17, 15) is 4.79 Å². The number of amides is 1. The number of hydrogen-bond acceptors (Lipinski definition) is 3. The maximum Gasteiger partial charge on any atom is 0.234 e. The van der Waals surface area contributed by atoms with Crippen LogP contribution in [0.1, 0.15) is 34.1 Å². The smallest absolute Gasteiger partial charge is 0.234 e. The van der Waals surface area contributed by atoms with E-state index in [0.29, 0.717) is 6.54 Å². The molecular weight excluding hydrogens is 202 g/mol. The lowest BCUT2D eigenvalue weighted by Gasteiger charge is -2.23. The molecule has 16 heavy (non-hydrogen) atoms. The molecule has 2 N–H and O–H groups in total. The Morgan fingerprint density at radius 1 is 1.25 bits per heavy atom. The molecule has 0 saturated carbocycles. The average molecular weight is 229 g/mol. The zero-order chi connectivity index (χ0) is 12.6. The predicted octanol–water partition coefficient (Wildman–Crippen LogP) is 0.833. The van der Waals surface area contributed by atoms with Gasteiger partial charge in [-0.2, -0.15) is 0 Å². The fraction of sp³-hybridized carbons (Fsp3) is 0.917. The number of carbonyl (C=O) groups is 1. The molecule has 0 radical (unpaired) electrons. The highest BCUT2D eigenvalue weighted by molar-refractivity contribution is 5.77. The van der Waals surface area contributed by atoms with Crippen LogP contribution in [0.5, 0.6) is 0 Å². The van der Waals surface area contributed by atoms with Crippen LogP contribution in [0.4, 0.5) is 0 Å². The lowest BCUT2D eigenvalue weighted by atomic mass is 10.1. The van der Waals surface area contributed by atoms with Gasteiger partial charge in [-0.3, -0.25) is 9.69 Å². The minimum absolute atomic E-state index is 0.111. The molecule has 1 amide bonds. The second kappa shape index (κ2) is 7.63. The summed E-state index contributed by atoms with van der Waals surface area (Å²) >= 11 is 0. The zero-order valence-electron chi connectivity index (χ0n) is 11.4. The third-order valence-corrected chi connectivity index (χ3v) is 2.13. The number of likely N-dealkylation sites (N-methyl/N-ethyl adjacent to an activating group) is 1. The molecule has 0 unspecified atom stereocenters. The number of nitrogens with zero attached hydrogens (tertiary/aromatic N) is 1. The summed E-state index contributed by atoms with van der Waals surface area (Å²) < 4.78 is 0. The van der Waals surface area contributed by atoms with Crippen molar-refractivity contribution in [3.8, 4) is 0 Å². The van der Waals surface area contributed by atoms with Crippen LogP contribution in [0, 0.1) is 0 Å². The largest absolute Gasteiger partial charge is 0.355 e. The summed E-state index contributed by atoms with van der Waals surface area (Å²) in [4.78, 5) is 13.4. The van der Waals surface area contributed by atoms with Gasteiger partial charge in [0, 0.05) is 25.2 Å². The van der Waals surface area contributed by atoms with Gasteiger partial charge in [-0.1, -0.05) is 6.92 Å². The SMILES string of the molecule is CCCNC(=O)CN(C)CCNC(C)(C)C. The lowest BCUT2D eigenvalue weighted by Crippen LogP contribution is -2.43. The minimum Gasteiger partial charge on any atom is -0.355 e. The molecule has 0 bridgehead atoms. The Balaban J connectivity index is 3.58. The summed E-state index contributed by atoms with van der Waals surface area (Å²) in [6.07, 6.45) is 0.987. The van der Waals surface area contributed by atoms with Crippen molar-refractivity contribution in [2.45, 2.75) is 39.7 Å². The molecular formula is C12H27N3O. The Bertz CT molecular complexity index is 199. The zero-order valence-corrected chi connectivity index (χ0v) is 11.4. The van der Waals surface area contributed by atoms with E-state index >= 15 is 0 Å². The van der Waals surface area contributed by atoms with E-state index in [0.717, 1.165) is 26.1 Å². The van der Waals surface area contributed by atoms with Crippen molar-refractivity contribution in [2.24, 2.45) is 0 Å². The summed E-state index contributed by atoms with van der Waals surface area (Å²) in [7, 11) is 1.97. The number of hydrogen-bond donors (Lipinski definition) is 2. The quantitative estimate of drug-likeness (QED) is 0.680. The predicted molar refractivity (Wildman–Crippen MR) is 68.6 cm³/mol. The molecule has 0 aliphatic carbocycles. The van der Waals surface area contributed by atoms with Gasteiger partial charge in [0.15, 0.2) is 0 Å². The first kappa shape index (κ1) is 15.4. The van der Waals surface area contributed by atoms with Gasteiger partial charge >= 0.3 is 0 Å². The molecule has 0 rings (SSSR count). The fourth-order valence-electron chi connectivity index (χ4n) is 1.27. The van der Waals surface area contributed by atoms with E-state index in [4.69, 9.17) is 0 Å². The van der Waals surface area contributed by atoms with Crippen molar-refractivity contribution in [1.29, 1.82) is 0 Å². The molecule has 0 spiro atoms. The van der Waals surface area contributed by atoms with E-state index in [-0.39, 0.29) is 11.4 Å². The molecule has 0 aromatic carbocycles. The van der Waals surface area contributed by atoms with Gasteiger partial charge in [0.1, 0.15) is 0 Å². The molecule has 0 fully saturated rings. The topological polar surface area (TPSA) is 44.4 Å².